The van der Waals surface area contributed by atoms with Crippen LogP contribution in [-0.2, 0) is 6.42 Å². The summed E-state index contributed by atoms with van der Waals surface area (Å²) in [4.78, 5) is 0. The number of nitrogens with two attached hydrogens (primary N) is 1. The van der Waals surface area contributed by atoms with Gasteiger partial charge in [-0.3, -0.25) is 0 Å². The average molecular weight is 255 g/mol. The molecule has 2 N–H and O–H groups in total. The fourth-order valence-electron chi connectivity index (χ4n) is 2.15. The predicted octanol–water partition coefficient (Wildman–Crippen LogP) is 3.99. The molecule has 0 saturated heterocycles. The molecule has 0 aliphatic carbocycles. The quantitative estimate of drug-likeness (QED) is 0.896. The zero-order valence-corrected chi connectivity index (χ0v) is 11.8. The highest BCUT2D eigenvalue weighted by Crippen LogP contribution is 2.26. The third-order valence-electron chi connectivity index (χ3n) is 3.01. The van der Waals surface area contributed by atoms with Crippen molar-refractivity contribution in [2.75, 3.05) is 0 Å². The van der Waals surface area contributed by atoms with E-state index in [-0.39, 0.29) is 6.04 Å². The smallest absolute Gasteiger partial charge is 0.130 e. The summed E-state index contributed by atoms with van der Waals surface area (Å²) < 4.78 is 5.95. The van der Waals surface area contributed by atoms with Gasteiger partial charge in [-0.05, 0) is 56.5 Å². The molecule has 1 unspecified atom stereocenters. The van der Waals surface area contributed by atoms with E-state index in [0.29, 0.717) is 0 Å². The highest BCUT2D eigenvalue weighted by Gasteiger charge is 2.04. The maximum Gasteiger partial charge on any atom is 0.130 e. The molecule has 0 fully saturated rings. The molecule has 0 amide bonds. The molecule has 2 heteroatoms. The van der Waals surface area contributed by atoms with Gasteiger partial charge in [-0.25, -0.2) is 0 Å². The number of hydrogen-bond acceptors (Lipinski definition) is 2. The lowest BCUT2D eigenvalue weighted by atomic mass is 10.1. The summed E-state index contributed by atoms with van der Waals surface area (Å²) in [5.74, 6) is 1.77. The van der Waals surface area contributed by atoms with Gasteiger partial charge in [-0.15, -0.1) is 0 Å². The van der Waals surface area contributed by atoms with E-state index < -0.39 is 0 Å². The summed E-state index contributed by atoms with van der Waals surface area (Å²) in [5.41, 5.74) is 9.43. The van der Waals surface area contributed by atoms with E-state index in [1.54, 1.807) is 0 Å². The lowest BCUT2D eigenvalue weighted by Crippen LogP contribution is -2.17. The Morgan fingerprint density at radius 1 is 1.11 bits per heavy atom. The molecule has 0 aliphatic rings. The fourth-order valence-corrected chi connectivity index (χ4v) is 2.15. The SMILES string of the molecule is Cc1ccc(Oc2cccc(CC(C)N)c2)c(C)c1. The van der Waals surface area contributed by atoms with E-state index in [2.05, 4.69) is 38.1 Å². The van der Waals surface area contributed by atoms with Crippen LogP contribution < -0.4 is 10.5 Å². The lowest BCUT2D eigenvalue weighted by Gasteiger charge is -2.11. The normalized spacial score (nSPS) is 12.2. The Morgan fingerprint density at radius 2 is 1.89 bits per heavy atom. The Hall–Kier alpha value is -1.80. The largest absolute Gasteiger partial charge is 0.457 e. The molecule has 0 aromatic heterocycles. The Bertz CT molecular complexity index is 561. The van der Waals surface area contributed by atoms with E-state index in [0.717, 1.165) is 23.5 Å². The molecule has 2 aromatic carbocycles. The summed E-state index contributed by atoms with van der Waals surface area (Å²) in [5, 5.41) is 0. The van der Waals surface area contributed by atoms with Crippen LogP contribution in [-0.4, -0.2) is 6.04 Å². The van der Waals surface area contributed by atoms with Gasteiger partial charge in [0.05, 0.1) is 0 Å². The van der Waals surface area contributed by atoms with Gasteiger partial charge < -0.3 is 10.5 Å². The minimum absolute atomic E-state index is 0.163. The fraction of sp³-hybridized carbons (Fsp3) is 0.294. The van der Waals surface area contributed by atoms with E-state index in [4.69, 9.17) is 10.5 Å². The second-order valence-electron chi connectivity index (χ2n) is 5.20. The minimum atomic E-state index is 0.163. The number of ether oxygens (including phenoxy) is 1. The summed E-state index contributed by atoms with van der Waals surface area (Å²) in [7, 11) is 0. The third kappa shape index (κ3) is 3.83. The molecule has 0 spiro atoms. The van der Waals surface area contributed by atoms with Crippen LogP contribution in [0.5, 0.6) is 11.5 Å². The van der Waals surface area contributed by atoms with E-state index >= 15 is 0 Å². The van der Waals surface area contributed by atoms with Crippen LogP contribution in [0.25, 0.3) is 0 Å². The van der Waals surface area contributed by atoms with Crippen molar-refractivity contribution < 1.29 is 4.74 Å². The van der Waals surface area contributed by atoms with Crippen LogP contribution in [0.15, 0.2) is 42.5 Å². The van der Waals surface area contributed by atoms with E-state index in [1.165, 1.54) is 11.1 Å². The summed E-state index contributed by atoms with van der Waals surface area (Å²) in [6.45, 7) is 6.16. The van der Waals surface area contributed by atoms with E-state index in [1.807, 2.05) is 25.1 Å². The van der Waals surface area contributed by atoms with Crippen molar-refractivity contribution in [1.82, 2.24) is 0 Å². The first-order chi connectivity index (χ1) is 9.04. The summed E-state index contributed by atoms with van der Waals surface area (Å²) in [6.07, 6.45) is 0.865. The number of aryl methyl sites for hydroxylation is 2. The number of rotatable bonds is 4. The van der Waals surface area contributed by atoms with Crippen molar-refractivity contribution in [3.63, 3.8) is 0 Å². The van der Waals surface area contributed by atoms with Crippen molar-refractivity contribution in [2.45, 2.75) is 33.2 Å². The molecular formula is C17H21NO. The van der Waals surface area contributed by atoms with Crippen molar-refractivity contribution >= 4 is 0 Å². The van der Waals surface area contributed by atoms with Crippen LogP contribution in [0.1, 0.15) is 23.6 Å². The zero-order valence-electron chi connectivity index (χ0n) is 11.8. The standard InChI is InChI=1S/C17H21NO/c1-12-7-8-17(13(2)9-12)19-16-6-4-5-15(11-16)10-14(3)18/h4-9,11,14H,10,18H2,1-3H3. The first-order valence-corrected chi connectivity index (χ1v) is 6.64. The monoisotopic (exact) mass is 255 g/mol. The molecule has 19 heavy (non-hydrogen) atoms. The Kier molecular flexibility index (Phi) is 4.23. The van der Waals surface area contributed by atoms with Crippen LogP contribution >= 0.6 is 0 Å². The molecule has 2 nitrogen and oxygen atoms in total. The van der Waals surface area contributed by atoms with Gasteiger partial charge in [0.1, 0.15) is 11.5 Å². The molecule has 2 aromatic rings. The molecule has 0 heterocycles. The topological polar surface area (TPSA) is 35.2 Å². The number of benzene rings is 2. The van der Waals surface area contributed by atoms with Crippen LogP contribution in [0, 0.1) is 13.8 Å². The average Bonchev–Trinajstić information content (AvgIpc) is 2.32. The third-order valence-corrected chi connectivity index (χ3v) is 3.01. The molecule has 0 bridgehead atoms. The van der Waals surface area contributed by atoms with Crippen LogP contribution in [0.2, 0.25) is 0 Å². The minimum Gasteiger partial charge on any atom is -0.457 e. The molecule has 2 rings (SSSR count). The number of hydrogen-bond donors (Lipinski definition) is 1. The van der Waals surface area contributed by atoms with Gasteiger partial charge in [-0.2, -0.15) is 0 Å². The predicted molar refractivity (Wildman–Crippen MR) is 79.8 cm³/mol. The van der Waals surface area contributed by atoms with Crippen molar-refractivity contribution in [1.29, 1.82) is 0 Å². The van der Waals surface area contributed by atoms with Crippen molar-refractivity contribution in [3.05, 3.63) is 59.2 Å². The Balaban J connectivity index is 2.18. The van der Waals surface area contributed by atoms with Gasteiger partial charge in [0, 0.05) is 6.04 Å². The second kappa shape index (κ2) is 5.89. The van der Waals surface area contributed by atoms with Gasteiger partial charge in [0.25, 0.3) is 0 Å². The van der Waals surface area contributed by atoms with Gasteiger partial charge in [0.15, 0.2) is 0 Å². The first-order valence-electron chi connectivity index (χ1n) is 6.64. The highest BCUT2D eigenvalue weighted by atomic mass is 16.5. The molecule has 0 radical (unpaired) electrons. The molecule has 0 aliphatic heterocycles. The summed E-state index contributed by atoms with van der Waals surface area (Å²) in [6, 6.07) is 14.5. The Labute approximate surface area is 115 Å². The van der Waals surface area contributed by atoms with Crippen molar-refractivity contribution in [3.8, 4) is 11.5 Å². The lowest BCUT2D eigenvalue weighted by molar-refractivity contribution is 0.478. The van der Waals surface area contributed by atoms with Crippen LogP contribution in [0.4, 0.5) is 0 Å². The van der Waals surface area contributed by atoms with Gasteiger partial charge >= 0.3 is 0 Å². The maximum atomic E-state index is 5.95. The zero-order chi connectivity index (χ0) is 13.8. The molecule has 100 valence electrons. The Morgan fingerprint density at radius 3 is 2.58 bits per heavy atom. The molecule has 0 saturated carbocycles. The van der Waals surface area contributed by atoms with Crippen molar-refractivity contribution in [2.24, 2.45) is 5.73 Å². The molecule has 1 atom stereocenters. The van der Waals surface area contributed by atoms with Crippen LogP contribution in [0.3, 0.4) is 0 Å². The first kappa shape index (κ1) is 13.6. The highest BCUT2D eigenvalue weighted by molar-refractivity contribution is 5.40. The second-order valence-corrected chi connectivity index (χ2v) is 5.20. The maximum absolute atomic E-state index is 5.95. The van der Waals surface area contributed by atoms with Gasteiger partial charge in [0.2, 0.25) is 0 Å². The van der Waals surface area contributed by atoms with E-state index in [9.17, 15) is 0 Å². The summed E-state index contributed by atoms with van der Waals surface area (Å²) >= 11 is 0. The van der Waals surface area contributed by atoms with Gasteiger partial charge in [-0.1, -0.05) is 29.8 Å². The molecular weight excluding hydrogens is 234 g/mol.